The lowest BCUT2D eigenvalue weighted by atomic mass is 10.1. The highest BCUT2D eigenvalue weighted by atomic mass is 16.6. The van der Waals surface area contributed by atoms with Crippen LogP contribution < -0.4 is 10.1 Å². The van der Waals surface area contributed by atoms with Gasteiger partial charge in [-0.15, -0.1) is 0 Å². The third kappa shape index (κ3) is 5.91. The molecular weight excluding hydrogens is 336 g/mol. The molecule has 1 aromatic carbocycles. The lowest BCUT2D eigenvalue weighted by Gasteiger charge is -2.19. The number of nitrogens with one attached hydrogen (secondary N) is 1. The van der Waals surface area contributed by atoms with Crippen LogP contribution in [-0.2, 0) is 4.74 Å². The zero-order valence-electron chi connectivity index (χ0n) is 15.2. The minimum Gasteiger partial charge on any atom is -0.494 e. The summed E-state index contributed by atoms with van der Waals surface area (Å²) in [6.45, 7) is 6.41. The molecule has 1 amide bonds. The van der Waals surface area contributed by atoms with Crippen molar-refractivity contribution in [2.45, 2.75) is 39.2 Å². The fourth-order valence-electron chi connectivity index (χ4n) is 2.32. The fraction of sp³-hybridized carbons (Fsp3) is 0.421. The molecule has 0 radical (unpaired) electrons. The van der Waals surface area contributed by atoms with E-state index < -0.39 is 17.7 Å². The number of amides is 1. The number of ether oxygens (including phenoxy) is 2. The topological polar surface area (TPSA) is 97.8 Å². The van der Waals surface area contributed by atoms with Crippen molar-refractivity contribution in [3.63, 3.8) is 0 Å². The number of alkyl carbamates (subject to hydrolysis) is 1. The molecule has 7 heteroatoms. The number of carbonyl (C=O) groups excluding carboxylic acids is 1. The second-order valence-electron chi connectivity index (χ2n) is 6.83. The molecule has 2 aromatic rings. The Morgan fingerprint density at radius 3 is 2.65 bits per heavy atom. The average Bonchev–Trinajstić information content (AvgIpc) is 2.55. The summed E-state index contributed by atoms with van der Waals surface area (Å²) in [7, 11) is 0. The number of aromatic carboxylic acids is 1. The number of carboxylic acid groups (broad SMARTS) is 1. The Hall–Kier alpha value is -2.83. The summed E-state index contributed by atoms with van der Waals surface area (Å²) in [6, 6.07) is 6.66. The van der Waals surface area contributed by atoms with Crippen molar-refractivity contribution in [3.8, 4) is 5.75 Å². The van der Waals surface area contributed by atoms with E-state index >= 15 is 0 Å². The molecule has 0 aliphatic carbocycles. The molecule has 26 heavy (non-hydrogen) atoms. The maximum atomic E-state index is 11.5. The Labute approximate surface area is 152 Å². The van der Waals surface area contributed by atoms with Crippen LogP contribution in [0.15, 0.2) is 30.5 Å². The van der Waals surface area contributed by atoms with Crippen molar-refractivity contribution >= 4 is 23.0 Å². The van der Waals surface area contributed by atoms with E-state index in [0.29, 0.717) is 29.8 Å². The van der Waals surface area contributed by atoms with Gasteiger partial charge in [-0.2, -0.15) is 0 Å². The van der Waals surface area contributed by atoms with Crippen LogP contribution in [0.1, 0.15) is 44.0 Å². The highest BCUT2D eigenvalue weighted by molar-refractivity contribution is 6.02. The maximum Gasteiger partial charge on any atom is 0.407 e. The van der Waals surface area contributed by atoms with Gasteiger partial charge in [-0.3, -0.25) is 4.98 Å². The largest absolute Gasteiger partial charge is 0.494 e. The van der Waals surface area contributed by atoms with Crippen molar-refractivity contribution < 1.29 is 24.2 Å². The van der Waals surface area contributed by atoms with E-state index in [1.54, 1.807) is 18.2 Å². The van der Waals surface area contributed by atoms with Gasteiger partial charge in [0, 0.05) is 18.1 Å². The summed E-state index contributed by atoms with van der Waals surface area (Å²) in [4.78, 5) is 26.9. The number of rotatable bonds is 7. The van der Waals surface area contributed by atoms with Crippen molar-refractivity contribution in [1.82, 2.24) is 10.3 Å². The Morgan fingerprint density at radius 1 is 1.19 bits per heavy atom. The molecule has 0 saturated carbocycles. The number of pyridine rings is 1. The molecule has 2 N–H and O–H groups in total. The lowest BCUT2D eigenvalue weighted by molar-refractivity contribution is 0.0525. The molecule has 0 aliphatic rings. The summed E-state index contributed by atoms with van der Waals surface area (Å²) in [5.74, 6) is -0.407. The standard InChI is InChI=1S/C19H24N2O5/c1-19(2,3)26-18(24)21-9-4-5-11-25-13-6-7-16-15(12-13)14(17(22)23)8-10-20-16/h6-8,10,12H,4-5,9,11H2,1-3H3,(H,21,24)(H,22,23). The number of hydrogen-bond acceptors (Lipinski definition) is 5. The van der Waals surface area contributed by atoms with Gasteiger partial charge in [-0.25, -0.2) is 9.59 Å². The Bertz CT molecular complexity index is 783. The minimum absolute atomic E-state index is 0.196. The van der Waals surface area contributed by atoms with Crippen LogP contribution in [0.25, 0.3) is 10.9 Å². The van der Waals surface area contributed by atoms with E-state index in [9.17, 15) is 14.7 Å². The summed E-state index contributed by atoms with van der Waals surface area (Å²) in [5, 5.41) is 12.5. The molecular formula is C19H24N2O5. The smallest absolute Gasteiger partial charge is 0.407 e. The first-order valence-electron chi connectivity index (χ1n) is 8.48. The molecule has 0 saturated heterocycles. The monoisotopic (exact) mass is 360 g/mol. The molecule has 7 nitrogen and oxygen atoms in total. The zero-order chi connectivity index (χ0) is 19.2. The van der Waals surface area contributed by atoms with Crippen molar-refractivity contribution in [2.24, 2.45) is 0 Å². The molecule has 1 aromatic heterocycles. The molecule has 0 atom stereocenters. The molecule has 0 fully saturated rings. The second-order valence-corrected chi connectivity index (χ2v) is 6.83. The van der Waals surface area contributed by atoms with Crippen LogP contribution in [0.3, 0.4) is 0 Å². The summed E-state index contributed by atoms with van der Waals surface area (Å²) in [5.41, 5.74) is 0.299. The summed E-state index contributed by atoms with van der Waals surface area (Å²) < 4.78 is 10.8. The highest BCUT2D eigenvalue weighted by Crippen LogP contribution is 2.23. The van der Waals surface area contributed by atoms with Crippen LogP contribution >= 0.6 is 0 Å². The van der Waals surface area contributed by atoms with Gasteiger partial charge in [-0.1, -0.05) is 0 Å². The third-order valence-corrected chi connectivity index (χ3v) is 3.45. The van der Waals surface area contributed by atoms with Crippen molar-refractivity contribution in [3.05, 3.63) is 36.0 Å². The van der Waals surface area contributed by atoms with Crippen LogP contribution in [0.5, 0.6) is 5.75 Å². The van der Waals surface area contributed by atoms with Crippen molar-refractivity contribution in [2.75, 3.05) is 13.2 Å². The molecule has 0 unspecified atom stereocenters. The van der Waals surface area contributed by atoms with E-state index in [2.05, 4.69) is 10.3 Å². The first-order chi connectivity index (χ1) is 12.3. The SMILES string of the molecule is CC(C)(C)OC(=O)NCCCCOc1ccc2nccc(C(=O)O)c2c1. The molecule has 1 heterocycles. The number of aromatic nitrogens is 1. The van der Waals surface area contributed by atoms with Gasteiger partial charge >= 0.3 is 12.1 Å². The zero-order valence-corrected chi connectivity index (χ0v) is 15.2. The predicted octanol–water partition coefficient (Wildman–Crippen LogP) is 3.62. The summed E-state index contributed by atoms with van der Waals surface area (Å²) in [6.07, 6.45) is 2.53. The minimum atomic E-state index is -0.997. The van der Waals surface area contributed by atoms with Gasteiger partial charge in [0.15, 0.2) is 0 Å². The van der Waals surface area contributed by atoms with E-state index in [-0.39, 0.29) is 5.56 Å². The molecule has 0 bridgehead atoms. The first kappa shape index (κ1) is 19.5. The van der Waals surface area contributed by atoms with Gasteiger partial charge in [0.25, 0.3) is 0 Å². The van der Waals surface area contributed by atoms with Crippen molar-refractivity contribution in [1.29, 1.82) is 0 Å². The van der Waals surface area contributed by atoms with Crippen LogP contribution in [-0.4, -0.2) is 40.9 Å². The molecule has 0 spiro atoms. The van der Waals surface area contributed by atoms with Gasteiger partial charge in [0.05, 0.1) is 17.7 Å². The third-order valence-electron chi connectivity index (χ3n) is 3.45. The fourth-order valence-corrected chi connectivity index (χ4v) is 2.32. The van der Waals surface area contributed by atoms with Gasteiger partial charge in [0.1, 0.15) is 11.4 Å². The molecule has 140 valence electrons. The normalized spacial score (nSPS) is 11.2. The first-order valence-corrected chi connectivity index (χ1v) is 8.48. The van der Waals surface area contributed by atoms with Gasteiger partial charge in [-0.05, 0) is 57.9 Å². The maximum absolute atomic E-state index is 11.5. The second kappa shape index (κ2) is 8.51. The Balaban J connectivity index is 1.79. The van der Waals surface area contributed by atoms with E-state index in [1.807, 2.05) is 20.8 Å². The average molecular weight is 360 g/mol. The van der Waals surface area contributed by atoms with Crippen LogP contribution in [0, 0.1) is 0 Å². The lowest BCUT2D eigenvalue weighted by Crippen LogP contribution is -2.33. The Morgan fingerprint density at radius 2 is 1.96 bits per heavy atom. The molecule has 2 rings (SSSR count). The van der Waals surface area contributed by atoms with Gasteiger partial charge < -0.3 is 19.9 Å². The molecule has 0 aliphatic heterocycles. The van der Waals surface area contributed by atoms with E-state index in [1.165, 1.54) is 12.3 Å². The van der Waals surface area contributed by atoms with Crippen LogP contribution in [0.4, 0.5) is 4.79 Å². The number of hydrogen-bond donors (Lipinski definition) is 2. The van der Waals surface area contributed by atoms with Gasteiger partial charge in [0.2, 0.25) is 0 Å². The Kier molecular flexibility index (Phi) is 6.38. The van der Waals surface area contributed by atoms with Crippen LogP contribution in [0.2, 0.25) is 0 Å². The highest BCUT2D eigenvalue weighted by Gasteiger charge is 2.15. The number of nitrogens with zero attached hydrogens (tertiary/aromatic N) is 1. The van der Waals surface area contributed by atoms with E-state index in [0.717, 1.165) is 12.8 Å². The number of carbonyl (C=O) groups is 2. The summed E-state index contributed by atoms with van der Waals surface area (Å²) >= 11 is 0. The number of unbranched alkanes of at least 4 members (excludes halogenated alkanes) is 1. The van der Waals surface area contributed by atoms with E-state index in [4.69, 9.17) is 9.47 Å². The number of benzene rings is 1. The number of fused-ring (bicyclic) bond motifs is 1. The quantitative estimate of drug-likeness (QED) is 0.732. The number of carboxylic acids is 1. The predicted molar refractivity (Wildman–Crippen MR) is 97.7 cm³/mol.